The summed E-state index contributed by atoms with van der Waals surface area (Å²) >= 11 is 0. The van der Waals surface area contributed by atoms with Gasteiger partial charge in [-0.2, -0.15) is 9.40 Å². The normalized spacial score (nSPS) is 19.4. The lowest BCUT2D eigenvalue weighted by atomic mass is 9.70. The van der Waals surface area contributed by atoms with Crippen LogP contribution in [0.5, 0.6) is 0 Å². The number of rotatable bonds is 3. The zero-order valence-corrected chi connectivity index (χ0v) is 16.0. The van der Waals surface area contributed by atoms with E-state index < -0.39 is 15.8 Å². The fourth-order valence-corrected chi connectivity index (χ4v) is 6.20. The molecule has 2 fully saturated rings. The predicted octanol–water partition coefficient (Wildman–Crippen LogP) is 2.73. The van der Waals surface area contributed by atoms with Crippen LogP contribution in [0.15, 0.2) is 23.5 Å². The van der Waals surface area contributed by atoms with Crippen molar-refractivity contribution in [2.24, 2.45) is 7.05 Å². The topological polar surface area (TPSA) is 83.9 Å². The summed E-state index contributed by atoms with van der Waals surface area (Å²) in [6.45, 7) is 2.29. The van der Waals surface area contributed by atoms with Gasteiger partial charge < -0.3 is 4.98 Å². The number of aromatic amines is 1. The summed E-state index contributed by atoms with van der Waals surface area (Å²) in [5.41, 5.74) is 1.26. The van der Waals surface area contributed by atoms with Crippen molar-refractivity contribution in [3.05, 3.63) is 29.8 Å². The zero-order valence-electron chi connectivity index (χ0n) is 15.2. The van der Waals surface area contributed by atoms with Crippen molar-refractivity contribution >= 4 is 20.9 Å². The van der Waals surface area contributed by atoms with Gasteiger partial charge in [-0.15, -0.1) is 0 Å². The van der Waals surface area contributed by atoms with Crippen molar-refractivity contribution < 1.29 is 12.8 Å². The molecule has 1 saturated carbocycles. The Hall–Kier alpha value is -2.26. The van der Waals surface area contributed by atoms with Gasteiger partial charge in [0.25, 0.3) is 10.0 Å². The van der Waals surface area contributed by atoms with E-state index in [-0.39, 0.29) is 16.1 Å². The Bertz CT molecular complexity index is 1170. The van der Waals surface area contributed by atoms with Gasteiger partial charge in [-0.05, 0) is 50.3 Å². The molecule has 1 spiro atoms. The Labute approximate surface area is 156 Å². The Morgan fingerprint density at radius 3 is 2.59 bits per heavy atom. The minimum absolute atomic E-state index is 0.0326. The van der Waals surface area contributed by atoms with E-state index in [4.69, 9.17) is 0 Å². The maximum absolute atomic E-state index is 14.6. The lowest BCUT2D eigenvalue weighted by Crippen LogP contribution is -2.65. The molecule has 9 heteroatoms. The first-order chi connectivity index (χ1) is 12.8. The molecule has 3 aromatic rings. The van der Waals surface area contributed by atoms with Crippen LogP contribution < -0.4 is 0 Å². The molecule has 1 aliphatic heterocycles. The molecular formula is C18H20FN5O2S. The largest absolute Gasteiger partial charge is 0.342 e. The van der Waals surface area contributed by atoms with Gasteiger partial charge in [0.15, 0.2) is 5.82 Å². The number of nitrogens with zero attached hydrogens (tertiary/aromatic N) is 4. The average molecular weight is 389 g/mol. The molecule has 1 aliphatic carbocycles. The van der Waals surface area contributed by atoms with Gasteiger partial charge in [0.2, 0.25) is 0 Å². The number of hydrogen-bond acceptors (Lipinski definition) is 4. The highest BCUT2D eigenvalue weighted by Crippen LogP contribution is 2.49. The van der Waals surface area contributed by atoms with Gasteiger partial charge in [0.05, 0.1) is 5.52 Å². The van der Waals surface area contributed by atoms with E-state index in [2.05, 4.69) is 15.1 Å². The molecule has 0 unspecified atom stereocenters. The summed E-state index contributed by atoms with van der Waals surface area (Å²) in [5, 5.41) is 4.83. The quantitative estimate of drug-likeness (QED) is 0.747. The molecule has 1 aromatic carbocycles. The molecule has 0 bridgehead atoms. The third-order valence-corrected chi connectivity index (χ3v) is 7.95. The van der Waals surface area contributed by atoms with Crippen LogP contribution in [0, 0.1) is 12.7 Å². The molecule has 142 valence electrons. The van der Waals surface area contributed by atoms with Crippen molar-refractivity contribution in [3.63, 3.8) is 0 Å². The van der Waals surface area contributed by atoms with Crippen molar-refractivity contribution in [1.29, 1.82) is 0 Å². The highest BCUT2D eigenvalue weighted by atomic mass is 32.2. The van der Waals surface area contributed by atoms with Crippen LogP contribution in [-0.4, -0.2) is 44.6 Å². The molecule has 7 nitrogen and oxygen atoms in total. The van der Waals surface area contributed by atoms with Crippen LogP contribution in [0.3, 0.4) is 0 Å². The van der Waals surface area contributed by atoms with E-state index in [1.807, 2.05) is 0 Å². The monoisotopic (exact) mass is 389 g/mol. The molecule has 0 atom stereocenters. The summed E-state index contributed by atoms with van der Waals surface area (Å²) in [6.07, 6.45) is 5.34. The highest BCUT2D eigenvalue weighted by Gasteiger charge is 2.54. The number of hydrogen-bond donors (Lipinski definition) is 1. The van der Waals surface area contributed by atoms with E-state index in [0.717, 1.165) is 25.7 Å². The first-order valence-electron chi connectivity index (χ1n) is 9.03. The summed E-state index contributed by atoms with van der Waals surface area (Å²) < 4.78 is 44.1. The van der Waals surface area contributed by atoms with Gasteiger partial charge in [0, 0.05) is 30.1 Å². The minimum Gasteiger partial charge on any atom is -0.342 e. The number of nitrogens with one attached hydrogen (secondary N) is 1. The summed E-state index contributed by atoms with van der Waals surface area (Å²) in [5.74, 6) is -0.0343. The minimum atomic E-state index is -3.69. The molecule has 27 heavy (non-hydrogen) atoms. The predicted molar refractivity (Wildman–Crippen MR) is 98.1 cm³/mol. The fraction of sp³-hybridized carbons (Fsp3) is 0.444. The Kier molecular flexibility index (Phi) is 3.37. The number of sulfonamides is 1. The molecule has 3 heterocycles. The van der Waals surface area contributed by atoms with Crippen molar-refractivity contribution in [2.45, 2.75) is 43.2 Å². The van der Waals surface area contributed by atoms with Crippen LogP contribution in [0.4, 0.5) is 4.39 Å². The number of fused-ring (bicyclic) bond motifs is 1. The van der Waals surface area contributed by atoms with Crippen molar-refractivity contribution in [1.82, 2.24) is 24.1 Å². The van der Waals surface area contributed by atoms with E-state index in [0.29, 0.717) is 28.9 Å². The Morgan fingerprint density at radius 1 is 1.26 bits per heavy atom. The second kappa shape index (κ2) is 5.39. The highest BCUT2D eigenvalue weighted by molar-refractivity contribution is 7.89. The summed E-state index contributed by atoms with van der Waals surface area (Å²) in [4.78, 5) is 7.08. The summed E-state index contributed by atoms with van der Waals surface area (Å²) in [6, 6.07) is 2.91. The molecule has 0 amide bonds. The van der Waals surface area contributed by atoms with Crippen molar-refractivity contribution in [2.75, 3.05) is 6.54 Å². The van der Waals surface area contributed by atoms with E-state index in [1.165, 1.54) is 12.1 Å². The second-order valence-electron chi connectivity index (χ2n) is 7.62. The molecule has 1 N–H and O–H groups in total. The molecule has 2 aromatic heterocycles. The van der Waals surface area contributed by atoms with Gasteiger partial charge in [-0.1, -0.05) is 0 Å². The fourth-order valence-electron chi connectivity index (χ4n) is 4.35. The standard InChI is InChI=1S/C18H20FN5O2S/c1-11-8-13(19)16-12(15(11)17-20-10-23(2)22-17)9-14(21-16)27(25,26)24-7-6-18(24)4-3-5-18/h8-10,21H,3-7H2,1-2H3. The molecule has 2 aliphatic rings. The number of aromatic nitrogens is 4. The van der Waals surface area contributed by atoms with E-state index >= 15 is 0 Å². The SMILES string of the molecule is Cc1cc(F)c2[nH]c(S(=O)(=O)N3CCC34CCC4)cc2c1-c1ncn(C)n1. The second-order valence-corrected chi connectivity index (χ2v) is 9.45. The molecule has 1 saturated heterocycles. The van der Waals surface area contributed by atoms with Crippen LogP contribution in [0.1, 0.15) is 31.2 Å². The number of H-pyrrole nitrogens is 1. The van der Waals surface area contributed by atoms with Crippen LogP contribution in [-0.2, 0) is 17.1 Å². The van der Waals surface area contributed by atoms with Crippen LogP contribution >= 0.6 is 0 Å². The third kappa shape index (κ3) is 2.24. The Morgan fingerprint density at radius 2 is 2.04 bits per heavy atom. The average Bonchev–Trinajstić information content (AvgIpc) is 3.12. The smallest absolute Gasteiger partial charge is 0.259 e. The van der Waals surface area contributed by atoms with E-state index in [1.54, 1.807) is 29.3 Å². The van der Waals surface area contributed by atoms with Crippen LogP contribution in [0.2, 0.25) is 0 Å². The Balaban J connectivity index is 1.68. The van der Waals surface area contributed by atoms with Crippen LogP contribution in [0.25, 0.3) is 22.3 Å². The number of aryl methyl sites for hydroxylation is 2. The van der Waals surface area contributed by atoms with Gasteiger partial charge in [-0.25, -0.2) is 17.8 Å². The number of halogens is 1. The van der Waals surface area contributed by atoms with Gasteiger partial charge >= 0.3 is 0 Å². The first-order valence-corrected chi connectivity index (χ1v) is 10.5. The molecule has 0 radical (unpaired) electrons. The summed E-state index contributed by atoms with van der Waals surface area (Å²) in [7, 11) is -1.94. The van der Waals surface area contributed by atoms with Crippen molar-refractivity contribution in [3.8, 4) is 11.4 Å². The maximum atomic E-state index is 14.6. The van der Waals surface area contributed by atoms with E-state index in [9.17, 15) is 12.8 Å². The lowest BCUT2D eigenvalue weighted by Gasteiger charge is -2.57. The third-order valence-electron chi connectivity index (χ3n) is 6.02. The number of benzene rings is 1. The lowest BCUT2D eigenvalue weighted by molar-refractivity contribution is -0.00313. The maximum Gasteiger partial charge on any atom is 0.259 e. The molecular weight excluding hydrogens is 369 g/mol. The molecule has 5 rings (SSSR count). The first kappa shape index (κ1) is 16.9. The van der Waals surface area contributed by atoms with Gasteiger partial charge in [-0.3, -0.25) is 4.68 Å². The van der Waals surface area contributed by atoms with Gasteiger partial charge in [0.1, 0.15) is 17.2 Å². The zero-order chi connectivity index (χ0) is 19.0.